The molecule has 4 nitrogen and oxygen atoms in total. The smallest absolute Gasteiger partial charge is 0.0667 e. The Balaban J connectivity index is 2.31. The number of nitrogens with zero attached hydrogens (tertiary/aromatic N) is 2. The topological polar surface area (TPSA) is 39.1 Å². The van der Waals surface area contributed by atoms with Gasteiger partial charge in [-0.1, -0.05) is 0 Å². The van der Waals surface area contributed by atoms with Gasteiger partial charge in [-0.2, -0.15) is 5.10 Å². The van der Waals surface area contributed by atoms with E-state index in [4.69, 9.17) is 4.74 Å². The second-order valence-electron chi connectivity index (χ2n) is 3.32. The third-order valence-electron chi connectivity index (χ3n) is 2.24. The van der Waals surface area contributed by atoms with E-state index in [1.165, 1.54) is 5.69 Å². The summed E-state index contributed by atoms with van der Waals surface area (Å²) in [7, 11) is 1.72. The van der Waals surface area contributed by atoms with Crippen LogP contribution in [0.5, 0.6) is 0 Å². The first kappa shape index (κ1) is 11.2. The van der Waals surface area contributed by atoms with Crippen LogP contribution in [0.25, 0.3) is 0 Å². The molecule has 1 aromatic rings. The minimum Gasteiger partial charge on any atom is -0.380 e. The molecule has 0 amide bonds. The Morgan fingerprint density at radius 2 is 2.43 bits per heavy atom. The molecular formula is C10H19N3O. The second-order valence-corrected chi connectivity index (χ2v) is 3.32. The Morgan fingerprint density at radius 3 is 3.07 bits per heavy atom. The molecule has 0 bridgehead atoms. The molecule has 0 aliphatic rings. The fourth-order valence-corrected chi connectivity index (χ4v) is 1.28. The van der Waals surface area contributed by atoms with Crippen molar-refractivity contribution < 1.29 is 4.74 Å². The molecular weight excluding hydrogens is 178 g/mol. The molecule has 0 aliphatic carbocycles. The predicted octanol–water partition coefficient (Wildman–Crippen LogP) is 1.03. The molecule has 1 heterocycles. The van der Waals surface area contributed by atoms with Crippen LogP contribution in [0, 0.1) is 0 Å². The summed E-state index contributed by atoms with van der Waals surface area (Å²) in [6.45, 7) is 6.77. The lowest BCUT2D eigenvalue weighted by molar-refractivity contribution is 0.117. The average molecular weight is 197 g/mol. The van der Waals surface area contributed by atoms with Gasteiger partial charge in [-0.25, -0.2) is 0 Å². The maximum Gasteiger partial charge on any atom is 0.0667 e. The maximum atomic E-state index is 5.14. The van der Waals surface area contributed by atoms with Crippen molar-refractivity contribution in [2.45, 2.75) is 33.0 Å². The molecule has 1 rings (SSSR count). The number of ether oxygens (including phenoxy) is 1. The summed E-state index contributed by atoms with van der Waals surface area (Å²) < 4.78 is 7.13. The number of hydrogen-bond donors (Lipinski definition) is 1. The predicted molar refractivity (Wildman–Crippen MR) is 56.1 cm³/mol. The van der Waals surface area contributed by atoms with Crippen LogP contribution >= 0.6 is 0 Å². The Kier molecular flexibility index (Phi) is 4.62. The fourth-order valence-electron chi connectivity index (χ4n) is 1.28. The van der Waals surface area contributed by atoms with Gasteiger partial charge in [0.1, 0.15) is 0 Å². The van der Waals surface area contributed by atoms with Crippen molar-refractivity contribution in [1.82, 2.24) is 15.1 Å². The highest BCUT2D eigenvalue weighted by Crippen LogP contribution is 1.98. The van der Waals surface area contributed by atoms with E-state index in [1.54, 1.807) is 7.11 Å². The molecule has 1 atom stereocenters. The molecule has 1 N–H and O–H groups in total. The van der Waals surface area contributed by atoms with Crippen molar-refractivity contribution in [2.24, 2.45) is 0 Å². The van der Waals surface area contributed by atoms with Crippen LogP contribution in [0.15, 0.2) is 12.3 Å². The summed E-state index contributed by atoms with van der Waals surface area (Å²) in [5.41, 5.74) is 1.22. The van der Waals surface area contributed by atoms with Gasteiger partial charge in [0.15, 0.2) is 0 Å². The molecule has 0 radical (unpaired) electrons. The first-order valence-corrected chi connectivity index (χ1v) is 5.02. The molecule has 4 heteroatoms. The molecule has 0 aromatic carbocycles. The zero-order valence-corrected chi connectivity index (χ0v) is 9.16. The normalized spacial score (nSPS) is 13.1. The van der Waals surface area contributed by atoms with Gasteiger partial charge >= 0.3 is 0 Å². The minimum atomic E-state index is 0.257. The summed E-state index contributed by atoms with van der Waals surface area (Å²) in [4.78, 5) is 0. The maximum absolute atomic E-state index is 5.14. The molecule has 0 spiro atoms. The van der Waals surface area contributed by atoms with Crippen molar-refractivity contribution >= 4 is 0 Å². The monoisotopic (exact) mass is 197 g/mol. The van der Waals surface area contributed by atoms with E-state index in [2.05, 4.69) is 17.3 Å². The highest BCUT2D eigenvalue weighted by Gasteiger charge is 2.01. The number of hydrogen-bond acceptors (Lipinski definition) is 3. The summed E-state index contributed by atoms with van der Waals surface area (Å²) in [6, 6.07) is 2.04. The van der Waals surface area contributed by atoms with Gasteiger partial charge in [-0.3, -0.25) is 4.68 Å². The molecule has 0 aliphatic heterocycles. The van der Waals surface area contributed by atoms with Crippen LogP contribution in [-0.2, 0) is 17.8 Å². The van der Waals surface area contributed by atoms with E-state index >= 15 is 0 Å². The number of aryl methyl sites for hydroxylation is 1. The van der Waals surface area contributed by atoms with Crippen LogP contribution in [0.3, 0.4) is 0 Å². The van der Waals surface area contributed by atoms with E-state index in [9.17, 15) is 0 Å². The molecule has 1 unspecified atom stereocenters. The molecule has 0 saturated heterocycles. The largest absolute Gasteiger partial charge is 0.380 e. The summed E-state index contributed by atoms with van der Waals surface area (Å²) in [5.74, 6) is 0. The fraction of sp³-hybridized carbons (Fsp3) is 0.700. The Morgan fingerprint density at radius 1 is 1.64 bits per heavy atom. The van der Waals surface area contributed by atoms with E-state index < -0.39 is 0 Å². The van der Waals surface area contributed by atoms with Crippen LogP contribution in [-0.4, -0.2) is 29.5 Å². The molecule has 80 valence electrons. The van der Waals surface area contributed by atoms with Gasteiger partial charge in [-0.05, 0) is 19.9 Å². The molecule has 0 fully saturated rings. The van der Waals surface area contributed by atoms with Gasteiger partial charge in [0.25, 0.3) is 0 Å². The average Bonchev–Trinajstić information content (AvgIpc) is 2.65. The number of aromatic nitrogens is 2. The van der Waals surface area contributed by atoms with Gasteiger partial charge in [0.2, 0.25) is 0 Å². The minimum absolute atomic E-state index is 0.257. The van der Waals surface area contributed by atoms with Crippen molar-refractivity contribution in [2.75, 3.05) is 13.7 Å². The van der Waals surface area contributed by atoms with Crippen molar-refractivity contribution in [3.63, 3.8) is 0 Å². The van der Waals surface area contributed by atoms with Crippen molar-refractivity contribution in [3.8, 4) is 0 Å². The van der Waals surface area contributed by atoms with Crippen molar-refractivity contribution in [1.29, 1.82) is 0 Å². The zero-order chi connectivity index (χ0) is 10.4. The highest BCUT2D eigenvalue weighted by molar-refractivity contribution is 4.99. The van der Waals surface area contributed by atoms with Gasteiger partial charge in [0.05, 0.1) is 11.8 Å². The van der Waals surface area contributed by atoms with E-state index in [-0.39, 0.29) is 6.10 Å². The van der Waals surface area contributed by atoms with E-state index in [0.29, 0.717) is 0 Å². The van der Waals surface area contributed by atoms with Crippen LogP contribution in [0.1, 0.15) is 19.5 Å². The van der Waals surface area contributed by atoms with Gasteiger partial charge in [0, 0.05) is 32.9 Å². The second kappa shape index (κ2) is 5.78. The first-order chi connectivity index (χ1) is 6.77. The molecule has 1 aromatic heterocycles. The lowest BCUT2D eigenvalue weighted by atomic mass is 10.3. The summed E-state index contributed by atoms with van der Waals surface area (Å²) in [5, 5.41) is 7.53. The SMILES string of the molecule is CCn1nccc1CNCC(C)OC. The van der Waals surface area contributed by atoms with Crippen LogP contribution in [0.4, 0.5) is 0 Å². The third kappa shape index (κ3) is 3.12. The standard InChI is InChI=1S/C10H19N3O/c1-4-13-10(5-6-12-13)8-11-7-9(2)14-3/h5-6,9,11H,4,7-8H2,1-3H3. The lowest BCUT2D eigenvalue weighted by Gasteiger charge is -2.11. The molecule has 14 heavy (non-hydrogen) atoms. The van der Waals surface area contributed by atoms with Crippen LogP contribution < -0.4 is 5.32 Å². The van der Waals surface area contributed by atoms with Gasteiger partial charge in [-0.15, -0.1) is 0 Å². The molecule has 0 saturated carbocycles. The Labute approximate surface area is 85.3 Å². The summed E-state index contributed by atoms with van der Waals surface area (Å²) in [6.07, 6.45) is 2.09. The number of nitrogens with one attached hydrogen (secondary N) is 1. The van der Waals surface area contributed by atoms with Crippen LogP contribution in [0.2, 0.25) is 0 Å². The van der Waals surface area contributed by atoms with Gasteiger partial charge < -0.3 is 10.1 Å². The summed E-state index contributed by atoms with van der Waals surface area (Å²) >= 11 is 0. The van der Waals surface area contributed by atoms with Crippen molar-refractivity contribution in [3.05, 3.63) is 18.0 Å². The zero-order valence-electron chi connectivity index (χ0n) is 9.16. The van der Waals surface area contributed by atoms with E-state index in [0.717, 1.165) is 19.6 Å². The Bertz CT molecular complexity index is 260. The van der Waals surface area contributed by atoms with E-state index in [1.807, 2.05) is 23.9 Å². The quantitative estimate of drug-likeness (QED) is 0.740. The third-order valence-corrected chi connectivity index (χ3v) is 2.24. The first-order valence-electron chi connectivity index (χ1n) is 5.02. The Hall–Kier alpha value is -0.870. The number of rotatable bonds is 6. The number of methoxy groups -OCH3 is 1. The highest BCUT2D eigenvalue weighted by atomic mass is 16.5. The lowest BCUT2D eigenvalue weighted by Crippen LogP contribution is -2.26.